The summed E-state index contributed by atoms with van der Waals surface area (Å²) in [6.45, 7) is 9.84. The third-order valence-electron chi connectivity index (χ3n) is 3.84. The molecule has 5 nitrogen and oxygen atoms in total. The molecule has 2 rings (SSSR count). The fourth-order valence-electron chi connectivity index (χ4n) is 2.91. The summed E-state index contributed by atoms with van der Waals surface area (Å²) in [5.41, 5.74) is 0.564. The molecule has 1 N–H and O–H groups in total. The number of hydrogen-bond acceptors (Lipinski definition) is 4. The van der Waals surface area contributed by atoms with Gasteiger partial charge in [-0.15, -0.1) is 0 Å². The lowest BCUT2D eigenvalue weighted by Gasteiger charge is -2.35. The number of aromatic nitrogens is 1. The zero-order valence-corrected chi connectivity index (χ0v) is 14.1. The molecule has 0 radical (unpaired) electrons. The second-order valence-corrected chi connectivity index (χ2v) is 6.71. The summed E-state index contributed by atoms with van der Waals surface area (Å²) >= 11 is 0. The van der Waals surface area contributed by atoms with E-state index in [4.69, 9.17) is 4.74 Å². The maximum Gasteiger partial charge on any atom is 0.413 e. The first-order chi connectivity index (χ1) is 10.4. The van der Waals surface area contributed by atoms with Crippen LogP contribution in [0.15, 0.2) is 18.3 Å². The van der Waals surface area contributed by atoms with Crippen molar-refractivity contribution in [2.45, 2.75) is 58.6 Å². The zero-order chi connectivity index (χ0) is 16.2. The monoisotopic (exact) mass is 305 g/mol. The van der Waals surface area contributed by atoms with E-state index in [2.05, 4.69) is 28.2 Å². The summed E-state index contributed by atoms with van der Waals surface area (Å²) in [5.74, 6) is 0.613. The van der Waals surface area contributed by atoms with Crippen LogP contribution in [-0.2, 0) is 4.74 Å². The molecule has 0 aromatic carbocycles. The number of piperidine rings is 1. The lowest BCUT2D eigenvalue weighted by molar-refractivity contribution is 0.0634. The van der Waals surface area contributed by atoms with Gasteiger partial charge in [0.2, 0.25) is 0 Å². The normalized spacial score (nSPS) is 19.7. The van der Waals surface area contributed by atoms with E-state index in [0.717, 1.165) is 25.1 Å². The summed E-state index contributed by atoms with van der Waals surface area (Å²) in [4.78, 5) is 18.8. The Morgan fingerprint density at radius 3 is 2.91 bits per heavy atom. The van der Waals surface area contributed by atoms with Gasteiger partial charge in [0.1, 0.15) is 11.4 Å². The fraction of sp³-hybridized carbons (Fsp3) is 0.647. The Bertz CT molecular complexity index is 511. The highest BCUT2D eigenvalue weighted by Gasteiger charge is 2.26. The number of nitrogens with one attached hydrogen (secondary N) is 1. The molecule has 0 unspecified atom stereocenters. The van der Waals surface area contributed by atoms with Gasteiger partial charge >= 0.3 is 6.09 Å². The number of nitrogens with zero attached hydrogens (tertiary/aromatic N) is 2. The lowest BCUT2D eigenvalue weighted by Crippen LogP contribution is -2.34. The summed E-state index contributed by atoms with van der Waals surface area (Å²) in [7, 11) is 0. The highest BCUT2D eigenvalue weighted by atomic mass is 16.6. The number of carbonyl (C=O) groups excluding carboxylic acids is 1. The van der Waals surface area contributed by atoms with Crippen LogP contribution in [0, 0.1) is 0 Å². The quantitative estimate of drug-likeness (QED) is 0.918. The van der Waals surface area contributed by atoms with Crippen LogP contribution in [0.3, 0.4) is 0 Å². The minimum absolute atomic E-state index is 0.317. The first kappa shape index (κ1) is 16.7. The highest BCUT2D eigenvalue weighted by molar-refractivity contribution is 5.84. The number of likely N-dealkylation sites (tertiary alicyclic amines) is 1. The Kier molecular flexibility index (Phi) is 5.40. The average molecular weight is 305 g/mol. The summed E-state index contributed by atoms with van der Waals surface area (Å²) in [5, 5.41) is 2.81. The molecule has 2 heterocycles. The molecule has 1 amide bonds. The molecule has 5 heteroatoms. The van der Waals surface area contributed by atoms with Gasteiger partial charge in [0.05, 0.1) is 0 Å². The molecule has 0 saturated carbocycles. The van der Waals surface area contributed by atoms with Gasteiger partial charge in [-0.2, -0.15) is 0 Å². The summed E-state index contributed by atoms with van der Waals surface area (Å²) in [6.07, 6.45) is 4.80. The van der Waals surface area contributed by atoms with Crippen LogP contribution in [0.25, 0.3) is 0 Å². The van der Waals surface area contributed by atoms with Crippen molar-refractivity contribution in [3.63, 3.8) is 0 Å². The molecule has 122 valence electrons. The summed E-state index contributed by atoms with van der Waals surface area (Å²) < 4.78 is 5.33. The molecule has 1 aliphatic rings. The topological polar surface area (TPSA) is 54.5 Å². The van der Waals surface area contributed by atoms with Crippen molar-refractivity contribution in [2.75, 3.05) is 18.4 Å². The Morgan fingerprint density at radius 1 is 1.45 bits per heavy atom. The average Bonchev–Trinajstić information content (AvgIpc) is 2.46. The lowest BCUT2D eigenvalue weighted by atomic mass is 9.95. The molecule has 1 aromatic heterocycles. The fourth-order valence-corrected chi connectivity index (χ4v) is 2.91. The van der Waals surface area contributed by atoms with Crippen molar-refractivity contribution < 1.29 is 9.53 Å². The third-order valence-corrected chi connectivity index (χ3v) is 3.84. The van der Waals surface area contributed by atoms with Crippen molar-refractivity contribution in [1.29, 1.82) is 0 Å². The van der Waals surface area contributed by atoms with Gasteiger partial charge in [0, 0.05) is 17.8 Å². The predicted molar refractivity (Wildman–Crippen MR) is 87.9 cm³/mol. The van der Waals surface area contributed by atoms with Crippen LogP contribution < -0.4 is 5.32 Å². The molecule has 0 bridgehead atoms. The maximum absolute atomic E-state index is 12.0. The van der Waals surface area contributed by atoms with Crippen LogP contribution in [0.5, 0.6) is 0 Å². The number of ether oxygens (including phenoxy) is 1. The Balaban J connectivity index is 2.17. The van der Waals surface area contributed by atoms with E-state index in [-0.39, 0.29) is 0 Å². The van der Waals surface area contributed by atoms with Crippen LogP contribution in [0.4, 0.5) is 10.6 Å². The molecule has 1 aromatic rings. The largest absolute Gasteiger partial charge is 0.444 e. The smallest absolute Gasteiger partial charge is 0.413 e. The molecule has 0 aliphatic carbocycles. The number of amides is 1. The highest BCUT2D eigenvalue weighted by Crippen LogP contribution is 2.33. The van der Waals surface area contributed by atoms with Gasteiger partial charge in [-0.25, -0.2) is 9.78 Å². The van der Waals surface area contributed by atoms with Crippen LogP contribution in [0.2, 0.25) is 0 Å². The second-order valence-electron chi connectivity index (χ2n) is 6.71. The minimum atomic E-state index is -0.515. The van der Waals surface area contributed by atoms with Gasteiger partial charge in [-0.1, -0.05) is 19.4 Å². The van der Waals surface area contributed by atoms with E-state index in [1.54, 1.807) is 6.20 Å². The Hall–Kier alpha value is -1.62. The predicted octanol–water partition coefficient (Wildman–Crippen LogP) is 3.98. The van der Waals surface area contributed by atoms with Crippen molar-refractivity contribution in [1.82, 2.24) is 9.88 Å². The van der Waals surface area contributed by atoms with Crippen LogP contribution in [-0.4, -0.2) is 34.7 Å². The molecule has 1 aliphatic heterocycles. The summed E-state index contributed by atoms with van der Waals surface area (Å²) in [6, 6.07) is 4.30. The van der Waals surface area contributed by atoms with Gasteiger partial charge in [0.25, 0.3) is 0 Å². The number of rotatable bonds is 3. The maximum atomic E-state index is 12.0. The molecule has 22 heavy (non-hydrogen) atoms. The first-order valence-corrected chi connectivity index (χ1v) is 8.09. The van der Waals surface area contributed by atoms with E-state index in [1.807, 2.05) is 26.8 Å². The first-order valence-electron chi connectivity index (χ1n) is 8.09. The molecule has 1 fully saturated rings. The van der Waals surface area contributed by atoms with Gasteiger partial charge in [-0.3, -0.25) is 10.2 Å². The van der Waals surface area contributed by atoms with E-state index in [0.29, 0.717) is 11.9 Å². The van der Waals surface area contributed by atoms with Gasteiger partial charge in [0.15, 0.2) is 0 Å². The minimum Gasteiger partial charge on any atom is -0.444 e. The molecule has 1 saturated heterocycles. The SMILES string of the molecule is CCN1CCCC[C@@H]1c1cccnc1NC(=O)OC(C)(C)C. The van der Waals surface area contributed by atoms with Crippen molar-refractivity contribution in [3.05, 3.63) is 23.9 Å². The number of anilines is 1. The van der Waals surface area contributed by atoms with E-state index >= 15 is 0 Å². The number of hydrogen-bond donors (Lipinski definition) is 1. The molecule has 1 atom stereocenters. The zero-order valence-electron chi connectivity index (χ0n) is 14.1. The van der Waals surface area contributed by atoms with Crippen LogP contribution >= 0.6 is 0 Å². The Labute approximate surface area is 133 Å². The van der Waals surface area contributed by atoms with Crippen molar-refractivity contribution in [3.8, 4) is 0 Å². The number of pyridine rings is 1. The standard InChI is InChI=1S/C17H27N3O2/c1-5-20-12-7-6-10-14(20)13-9-8-11-18-15(13)19-16(21)22-17(2,3)4/h8-9,11,14H,5-7,10,12H2,1-4H3,(H,18,19,21)/t14-/m1/s1. The van der Waals surface area contributed by atoms with E-state index in [9.17, 15) is 4.79 Å². The van der Waals surface area contributed by atoms with Crippen LogP contribution in [0.1, 0.15) is 58.6 Å². The second kappa shape index (κ2) is 7.09. The number of carbonyl (C=O) groups is 1. The molecule has 0 spiro atoms. The molecular weight excluding hydrogens is 278 g/mol. The van der Waals surface area contributed by atoms with Gasteiger partial charge < -0.3 is 4.74 Å². The van der Waals surface area contributed by atoms with Crippen molar-refractivity contribution >= 4 is 11.9 Å². The third kappa shape index (κ3) is 4.44. The molecular formula is C17H27N3O2. The van der Waals surface area contributed by atoms with Crippen molar-refractivity contribution in [2.24, 2.45) is 0 Å². The van der Waals surface area contributed by atoms with Gasteiger partial charge in [-0.05, 0) is 52.8 Å². The van der Waals surface area contributed by atoms with E-state index in [1.165, 1.54) is 12.8 Å². The van der Waals surface area contributed by atoms with E-state index < -0.39 is 11.7 Å². The Morgan fingerprint density at radius 2 is 2.23 bits per heavy atom.